The summed E-state index contributed by atoms with van der Waals surface area (Å²) in [6.07, 6.45) is -0.478. The number of H-pyrrole nitrogens is 1. The van der Waals surface area contributed by atoms with Crippen LogP contribution in [0.5, 0.6) is 6.01 Å². The first kappa shape index (κ1) is 21.4. The predicted octanol–water partition coefficient (Wildman–Crippen LogP) is 3.39. The normalized spacial score (nSPS) is 15.8. The molecule has 1 saturated heterocycles. The SMILES string of the molecule is CC(Oc1nc2nc(-c3ccc(N4CCOCC4)cc3)c(Cl)cc2[nH]1)C(C)(C)C(N)=O. The van der Waals surface area contributed by atoms with Gasteiger partial charge in [-0.15, -0.1) is 0 Å². The quantitative estimate of drug-likeness (QED) is 0.604. The number of rotatable bonds is 6. The number of nitrogens with two attached hydrogens (primary N) is 1. The zero-order valence-corrected chi connectivity index (χ0v) is 18.6. The van der Waals surface area contributed by atoms with Crippen LogP contribution in [0, 0.1) is 5.41 Å². The van der Waals surface area contributed by atoms with Crippen molar-refractivity contribution in [2.24, 2.45) is 11.1 Å². The van der Waals surface area contributed by atoms with Crippen LogP contribution in [0.15, 0.2) is 30.3 Å². The van der Waals surface area contributed by atoms with Crippen LogP contribution in [0.4, 0.5) is 5.69 Å². The van der Waals surface area contributed by atoms with Gasteiger partial charge in [0, 0.05) is 24.3 Å². The van der Waals surface area contributed by atoms with Crippen molar-refractivity contribution in [3.8, 4) is 17.3 Å². The van der Waals surface area contributed by atoms with Crippen LogP contribution < -0.4 is 15.4 Å². The Morgan fingerprint density at radius 2 is 1.94 bits per heavy atom. The van der Waals surface area contributed by atoms with E-state index in [4.69, 9.17) is 26.8 Å². The third-order valence-corrected chi connectivity index (χ3v) is 6.15. The summed E-state index contributed by atoms with van der Waals surface area (Å²) in [7, 11) is 0. The largest absolute Gasteiger partial charge is 0.461 e. The van der Waals surface area contributed by atoms with Gasteiger partial charge in [-0.2, -0.15) is 4.98 Å². The molecule has 1 aliphatic rings. The van der Waals surface area contributed by atoms with Gasteiger partial charge in [-0.1, -0.05) is 23.7 Å². The highest BCUT2D eigenvalue weighted by Gasteiger charge is 2.34. The van der Waals surface area contributed by atoms with Gasteiger partial charge < -0.3 is 25.1 Å². The highest BCUT2D eigenvalue weighted by molar-refractivity contribution is 6.33. The molecule has 31 heavy (non-hydrogen) atoms. The number of pyridine rings is 1. The maximum Gasteiger partial charge on any atom is 0.296 e. The fourth-order valence-corrected chi connectivity index (χ4v) is 3.58. The van der Waals surface area contributed by atoms with Gasteiger partial charge in [0.15, 0.2) is 5.65 Å². The van der Waals surface area contributed by atoms with Crippen molar-refractivity contribution in [3.63, 3.8) is 0 Å². The summed E-state index contributed by atoms with van der Waals surface area (Å²) in [6, 6.07) is 10.2. The summed E-state index contributed by atoms with van der Waals surface area (Å²) in [6.45, 7) is 8.48. The lowest BCUT2D eigenvalue weighted by molar-refractivity contribution is -0.130. The van der Waals surface area contributed by atoms with Crippen molar-refractivity contribution in [2.75, 3.05) is 31.2 Å². The molecule has 3 heterocycles. The Bertz CT molecular complexity index is 1090. The van der Waals surface area contributed by atoms with Crippen LogP contribution in [0.3, 0.4) is 0 Å². The van der Waals surface area contributed by atoms with Gasteiger partial charge in [0.2, 0.25) is 5.91 Å². The number of nitrogens with one attached hydrogen (secondary N) is 1. The minimum atomic E-state index is -0.850. The molecule has 0 spiro atoms. The van der Waals surface area contributed by atoms with Gasteiger partial charge in [-0.25, -0.2) is 4.98 Å². The Hall–Kier alpha value is -2.84. The van der Waals surface area contributed by atoms with E-state index < -0.39 is 17.4 Å². The maximum atomic E-state index is 11.7. The Morgan fingerprint density at radius 3 is 2.58 bits per heavy atom. The third kappa shape index (κ3) is 4.31. The van der Waals surface area contributed by atoms with Crippen molar-refractivity contribution < 1.29 is 14.3 Å². The van der Waals surface area contributed by atoms with E-state index >= 15 is 0 Å². The lowest BCUT2D eigenvalue weighted by Gasteiger charge is -2.28. The van der Waals surface area contributed by atoms with E-state index in [0.717, 1.165) is 37.6 Å². The van der Waals surface area contributed by atoms with E-state index in [1.54, 1.807) is 26.8 Å². The van der Waals surface area contributed by atoms with E-state index in [2.05, 4.69) is 32.0 Å². The first-order valence-corrected chi connectivity index (χ1v) is 10.6. The monoisotopic (exact) mass is 443 g/mol. The standard InChI is InChI=1S/C22H26ClN5O3/c1-13(22(2,3)20(24)29)31-21-25-17-12-16(23)18(26-19(17)27-21)14-4-6-15(7-5-14)28-8-10-30-11-9-28/h4-7,12-13H,8-11H2,1-3H3,(H2,24,29)(H,25,26,27). The van der Waals surface area contributed by atoms with Gasteiger partial charge in [-0.05, 0) is 39.0 Å². The van der Waals surface area contributed by atoms with Crippen molar-refractivity contribution in [2.45, 2.75) is 26.9 Å². The van der Waals surface area contributed by atoms with Crippen LogP contribution in [0.25, 0.3) is 22.4 Å². The average molecular weight is 444 g/mol. The lowest BCUT2D eigenvalue weighted by Crippen LogP contribution is -2.43. The van der Waals surface area contributed by atoms with Crippen LogP contribution in [0.2, 0.25) is 5.02 Å². The van der Waals surface area contributed by atoms with E-state index in [1.807, 2.05) is 12.1 Å². The number of carbonyl (C=O) groups is 1. The molecule has 2 aromatic heterocycles. The molecule has 1 unspecified atom stereocenters. The number of aromatic nitrogens is 3. The van der Waals surface area contributed by atoms with Crippen LogP contribution in [-0.4, -0.2) is 53.3 Å². The number of aromatic amines is 1. The summed E-state index contributed by atoms with van der Waals surface area (Å²) in [5, 5.41) is 0.507. The van der Waals surface area contributed by atoms with Crippen LogP contribution >= 0.6 is 11.6 Å². The number of benzene rings is 1. The molecule has 0 bridgehead atoms. The highest BCUT2D eigenvalue weighted by atomic mass is 35.5. The topological polar surface area (TPSA) is 106 Å². The summed E-state index contributed by atoms with van der Waals surface area (Å²) >= 11 is 6.52. The highest BCUT2D eigenvalue weighted by Crippen LogP contribution is 2.31. The van der Waals surface area contributed by atoms with Crippen molar-refractivity contribution in [1.29, 1.82) is 0 Å². The summed E-state index contributed by atoms with van der Waals surface area (Å²) < 4.78 is 11.2. The van der Waals surface area contributed by atoms with E-state index in [9.17, 15) is 4.79 Å². The van der Waals surface area contributed by atoms with Crippen molar-refractivity contribution in [1.82, 2.24) is 15.0 Å². The van der Waals surface area contributed by atoms with Crippen molar-refractivity contribution in [3.05, 3.63) is 35.4 Å². The second kappa shape index (κ2) is 8.36. The number of imidazole rings is 1. The lowest BCUT2D eigenvalue weighted by atomic mass is 9.87. The number of halogens is 1. The Kier molecular flexibility index (Phi) is 5.77. The number of carbonyl (C=O) groups excluding carboxylic acids is 1. The van der Waals surface area contributed by atoms with E-state index in [0.29, 0.717) is 21.9 Å². The molecule has 3 N–H and O–H groups in total. The van der Waals surface area contributed by atoms with E-state index in [-0.39, 0.29) is 6.01 Å². The fraction of sp³-hybridized carbons (Fsp3) is 0.409. The molecule has 1 aromatic carbocycles. The molecule has 9 heteroatoms. The number of morpholine rings is 1. The Morgan fingerprint density at radius 1 is 1.26 bits per heavy atom. The predicted molar refractivity (Wildman–Crippen MR) is 120 cm³/mol. The summed E-state index contributed by atoms with van der Waals surface area (Å²) in [5.41, 5.74) is 8.45. The van der Waals surface area contributed by atoms with Crippen LogP contribution in [0.1, 0.15) is 20.8 Å². The number of ether oxygens (including phenoxy) is 2. The molecule has 1 atom stereocenters. The molecule has 1 aliphatic heterocycles. The smallest absolute Gasteiger partial charge is 0.296 e. The van der Waals surface area contributed by atoms with Gasteiger partial charge in [0.25, 0.3) is 6.01 Å². The summed E-state index contributed by atoms with van der Waals surface area (Å²) in [5.74, 6) is -0.444. The third-order valence-electron chi connectivity index (χ3n) is 5.86. The number of hydrogen-bond donors (Lipinski definition) is 2. The molecule has 1 fully saturated rings. The molecule has 1 amide bonds. The molecular weight excluding hydrogens is 418 g/mol. The molecule has 3 aromatic rings. The molecule has 0 saturated carbocycles. The number of primary amides is 1. The number of nitrogens with zero attached hydrogens (tertiary/aromatic N) is 3. The zero-order chi connectivity index (χ0) is 22.2. The molecule has 4 rings (SSSR count). The second-order valence-electron chi connectivity index (χ2n) is 8.22. The van der Waals surface area contributed by atoms with Gasteiger partial charge >= 0.3 is 0 Å². The van der Waals surface area contributed by atoms with E-state index in [1.165, 1.54) is 0 Å². The molecular formula is C22H26ClN5O3. The summed E-state index contributed by atoms with van der Waals surface area (Å²) in [4.78, 5) is 26.1. The Balaban J connectivity index is 1.58. The molecule has 0 radical (unpaired) electrons. The zero-order valence-electron chi connectivity index (χ0n) is 17.8. The van der Waals surface area contributed by atoms with Gasteiger partial charge in [0.1, 0.15) is 6.10 Å². The molecule has 8 nitrogen and oxygen atoms in total. The first-order chi connectivity index (χ1) is 14.8. The number of hydrogen-bond acceptors (Lipinski definition) is 6. The minimum Gasteiger partial charge on any atom is -0.461 e. The first-order valence-electron chi connectivity index (χ1n) is 10.2. The van der Waals surface area contributed by atoms with Crippen molar-refractivity contribution >= 4 is 34.4 Å². The Labute approximate surface area is 185 Å². The maximum absolute atomic E-state index is 11.7. The number of anilines is 1. The number of fused-ring (bicyclic) bond motifs is 1. The molecule has 0 aliphatic carbocycles. The van der Waals surface area contributed by atoms with Gasteiger partial charge in [-0.3, -0.25) is 4.79 Å². The average Bonchev–Trinajstić information content (AvgIpc) is 3.14. The van der Waals surface area contributed by atoms with Crippen LogP contribution in [-0.2, 0) is 9.53 Å². The van der Waals surface area contributed by atoms with Gasteiger partial charge in [0.05, 0.1) is 34.9 Å². The molecule has 164 valence electrons. The number of amides is 1. The second-order valence-corrected chi connectivity index (χ2v) is 8.63. The fourth-order valence-electron chi connectivity index (χ4n) is 3.32. The minimum absolute atomic E-state index is 0.264.